The van der Waals surface area contributed by atoms with Gasteiger partial charge in [0.2, 0.25) is 10.8 Å². The molecule has 88 valence electrons. The summed E-state index contributed by atoms with van der Waals surface area (Å²) in [6.07, 6.45) is 0. The number of methoxy groups -OCH3 is 1. The van der Waals surface area contributed by atoms with Gasteiger partial charge in [-0.2, -0.15) is 0 Å². The van der Waals surface area contributed by atoms with Crippen LogP contribution in [-0.4, -0.2) is 23.0 Å². The second-order valence-corrected chi connectivity index (χ2v) is 4.92. The fourth-order valence-electron chi connectivity index (χ4n) is 1.36. The normalized spacial score (nSPS) is 10.2. The highest BCUT2D eigenvalue weighted by molar-refractivity contribution is 7.73. The van der Waals surface area contributed by atoms with E-state index in [4.69, 9.17) is 17.0 Å². The van der Waals surface area contributed by atoms with Gasteiger partial charge in [-0.15, -0.1) is 0 Å². The number of carbonyl (C=O) groups is 1. The molecular weight excluding hydrogens is 258 g/mol. The number of aromatic amines is 1. The van der Waals surface area contributed by atoms with Crippen molar-refractivity contribution in [3.63, 3.8) is 0 Å². The van der Waals surface area contributed by atoms with E-state index in [9.17, 15) is 9.90 Å². The molecule has 0 aliphatic heterocycles. The van der Waals surface area contributed by atoms with E-state index in [1.807, 2.05) is 0 Å². The highest BCUT2D eigenvalue weighted by Gasteiger charge is 2.16. The lowest BCUT2D eigenvalue weighted by atomic mass is 10.1. The van der Waals surface area contributed by atoms with Crippen LogP contribution in [0.5, 0.6) is 10.8 Å². The molecule has 1 heterocycles. The number of nitrogens with one attached hydrogen (secondary N) is 1. The van der Waals surface area contributed by atoms with Crippen LogP contribution in [0, 0.1) is 3.95 Å². The molecule has 0 spiro atoms. The number of benzene rings is 1. The third kappa shape index (κ3) is 2.37. The van der Waals surface area contributed by atoms with E-state index in [0.717, 1.165) is 11.3 Å². The van der Waals surface area contributed by atoms with Gasteiger partial charge in [0.25, 0.3) is 0 Å². The molecule has 0 amide bonds. The van der Waals surface area contributed by atoms with Crippen molar-refractivity contribution in [1.82, 2.24) is 4.98 Å². The van der Waals surface area contributed by atoms with Gasteiger partial charge in [0.05, 0.1) is 7.11 Å². The molecule has 0 atom stereocenters. The van der Waals surface area contributed by atoms with Gasteiger partial charge >= 0.3 is 0 Å². The minimum absolute atomic E-state index is 0.0872. The van der Waals surface area contributed by atoms with Crippen molar-refractivity contribution in [1.29, 1.82) is 0 Å². The molecule has 0 aliphatic carbocycles. The van der Waals surface area contributed by atoms with Crippen LogP contribution >= 0.6 is 23.6 Å². The SMILES string of the molecule is COc1ccc(C(=O)c2[nH]c(=S)sc2O)cc1. The Balaban J connectivity index is 2.36. The lowest BCUT2D eigenvalue weighted by molar-refractivity contribution is 0.103. The molecule has 0 aliphatic rings. The summed E-state index contributed by atoms with van der Waals surface area (Å²) in [5.41, 5.74) is 0.593. The Morgan fingerprint density at radius 1 is 1.41 bits per heavy atom. The number of thiazole rings is 1. The van der Waals surface area contributed by atoms with E-state index in [1.54, 1.807) is 31.4 Å². The molecule has 6 heteroatoms. The van der Waals surface area contributed by atoms with E-state index in [1.165, 1.54) is 0 Å². The van der Waals surface area contributed by atoms with Gasteiger partial charge in [-0.1, -0.05) is 11.3 Å². The topological polar surface area (TPSA) is 62.3 Å². The van der Waals surface area contributed by atoms with Crippen LogP contribution in [0.2, 0.25) is 0 Å². The smallest absolute Gasteiger partial charge is 0.213 e. The van der Waals surface area contributed by atoms with E-state index < -0.39 is 0 Å². The molecule has 0 fully saturated rings. The maximum absolute atomic E-state index is 12.0. The number of aromatic hydroxyl groups is 1. The Kier molecular flexibility index (Phi) is 3.26. The molecular formula is C11H9NO3S2. The molecule has 0 unspecified atom stereocenters. The van der Waals surface area contributed by atoms with Gasteiger partial charge in [-0.25, -0.2) is 0 Å². The lowest BCUT2D eigenvalue weighted by Gasteiger charge is -2.01. The number of carbonyl (C=O) groups excluding carboxylic acids is 1. The summed E-state index contributed by atoms with van der Waals surface area (Å²) in [6, 6.07) is 6.64. The Morgan fingerprint density at radius 3 is 2.53 bits per heavy atom. The number of ketones is 1. The second kappa shape index (κ2) is 4.68. The van der Waals surface area contributed by atoms with Gasteiger partial charge in [-0.3, -0.25) is 4.79 Å². The van der Waals surface area contributed by atoms with Crippen LogP contribution in [0.25, 0.3) is 0 Å². The van der Waals surface area contributed by atoms with E-state index in [2.05, 4.69) is 4.98 Å². The molecule has 0 saturated heterocycles. The first-order valence-electron chi connectivity index (χ1n) is 4.72. The van der Waals surface area contributed by atoms with Gasteiger partial charge in [-0.05, 0) is 36.5 Å². The van der Waals surface area contributed by atoms with Crippen molar-refractivity contribution in [2.45, 2.75) is 0 Å². The summed E-state index contributed by atoms with van der Waals surface area (Å²) in [5, 5.41) is 9.45. The van der Waals surface area contributed by atoms with Crippen molar-refractivity contribution in [3.05, 3.63) is 39.5 Å². The first kappa shape index (κ1) is 11.8. The highest BCUT2D eigenvalue weighted by atomic mass is 32.1. The molecule has 2 N–H and O–H groups in total. The lowest BCUT2D eigenvalue weighted by Crippen LogP contribution is -2.01. The van der Waals surface area contributed by atoms with Crippen LogP contribution in [-0.2, 0) is 0 Å². The fourth-order valence-corrected chi connectivity index (χ4v) is 2.27. The average molecular weight is 267 g/mol. The molecule has 17 heavy (non-hydrogen) atoms. The monoisotopic (exact) mass is 267 g/mol. The van der Waals surface area contributed by atoms with Crippen molar-refractivity contribution in [2.24, 2.45) is 0 Å². The Morgan fingerprint density at radius 2 is 2.06 bits per heavy atom. The number of rotatable bonds is 3. The van der Waals surface area contributed by atoms with Crippen molar-refractivity contribution in [2.75, 3.05) is 7.11 Å². The molecule has 2 aromatic rings. The zero-order chi connectivity index (χ0) is 12.4. The zero-order valence-corrected chi connectivity index (χ0v) is 10.5. The maximum atomic E-state index is 12.0. The largest absolute Gasteiger partial charge is 0.498 e. The molecule has 1 aromatic heterocycles. The quantitative estimate of drug-likeness (QED) is 0.663. The van der Waals surface area contributed by atoms with Crippen LogP contribution in [0.1, 0.15) is 16.1 Å². The van der Waals surface area contributed by atoms with Crippen molar-refractivity contribution < 1.29 is 14.6 Å². The van der Waals surface area contributed by atoms with Gasteiger partial charge in [0.15, 0.2) is 3.95 Å². The predicted molar refractivity (Wildman–Crippen MR) is 67.6 cm³/mol. The summed E-state index contributed by atoms with van der Waals surface area (Å²) < 4.78 is 5.37. The number of aromatic nitrogens is 1. The highest BCUT2D eigenvalue weighted by Crippen LogP contribution is 2.25. The summed E-state index contributed by atoms with van der Waals surface area (Å²) >= 11 is 5.83. The predicted octanol–water partition coefficient (Wildman–Crippen LogP) is 2.75. The Hall–Kier alpha value is -1.66. The minimum Gasteiger partial charge on any atom is -0.498 e. The van der Waals surface area contributed by atoms with Crippen molar-refractivity contribution in [3.8, 4) is 10.8 Å². The van der Waals surface area contributed by atoms with Crippen LogP contribution in [0.15, 0.2) is 24.3 Å². The second-order valence-electron chi connectivity index (χ2n) is 3.25. The first-order chi connectivity index (χ1) is 8.11. The fraction of sp³-hybridized carbons (Fsp3) is 0.0909. The number of hydrogen-bond donors (Lipinski definition) is 2. The molecule has 0 saturated carbocycles. The Bertz CT molecular complexity index is 598. The standard InChI is InChI=1S/C11H9NO3S2/c1-15-7-4-2-6(3-5-7)9(13)8-10(14)17-11(16)12-8/h2-5,14H,1H3,(H,12,16). The van der Waals surface area contributed by atoms with Gasteiger partial charge in [0, 0.05) is 5.56 Å². The summed E-state index contributed by atoms with van der Waals surface area (Å²) in [7, 11) is 1.55. The number of hydrogen-bond acceptors (Lipinski definition) is 5. The zero-order valence-electron chi connectivity index (χ0n) is 8.89. The maximum Gasteiger partial charge on any atom is 0.213 e. The van der Waals surface area contributed by atoms with Crippen LogP contribution in [0.4, 0.5) is 0 Å². The van der Waals surface area contributed by atoms with E-state index >= 15 is 0 Å². The average Bonchev–Trinajstić information content (AvgIpc) is 2.68. The van der Waals surface area contributed by atoms with Gasteiger partial charge < -0.3 is 14.8 Å². The molecule has 1 aromatic carbocycles. The number of H-pyrrole nitrogens is 1. The van der Waals surface area contributed by atoms with E-state index in [0.29, 0.717) is 15.3 Å². The summed E-state index contributed by atoms with van der Waals surface area (Å²) in [6.45, 7) is 0. The van der Waals surface area contributed by atoms with Crippen LogP contribution < -0.4 is 4.74 Å². The van der Waals surface area contributed by atoms with Gasteiger partial charge in [0.1, 0.15) is 11.4 Å². The van der Waals surface area contributed by atoms with Crippen LogP contribution in [0.3, 0.4) is 0 Å². The third-order valence-electron chi connectivity index (χ3n) is 2.21. The third-order valence-corrected chi connectivity index (χ3v) is 3.25. The molecule has 0 radical (unpaired) electrons. The molecule has 0 bridgehead atoms. The number of ether oxygens (including phenoxy) is 1. The Labute approximate surface area is 107 Å². The first-order valence-corrected chi connectivity index (χ1v) is 5.95. The summed E-state index contributed by atoms with van der Waals surface area (Å²) in [4.78, 5) is 14.7. The molecule has 4 nitrogen and oxygen atoms in total. The van der Waals surface area contributed by atoms with Crippen molar-refractivity contribution >= 4 is 29.3 Å². The minimum atomic E-state index is -0.294. The summed E-state index contributed by atoms with van der Waals surface area (Å²) in [5.74, 6) is 0.376. The molecule has 2 rings (SSSR count). The van der Waals surface area contributed by atoms with E-state index in [-0.39, 0.29) is 16.5 Å².